The molecule has 0 spiro atoms. The molecule has 0 aliphatic carbocycles. The lowest BCUT2D eigenvalue weighted by Gasteiger charge is -2.10. The Morgan fingerprint density at radius 2 is 2.58 bits per heavy atom. The molecule has 0 saturated carbocycles. The van der Waals surface area contributed by atoms with Crippen LogP contribution in [0.15, 0.2) is 0 Å². The second-order valence-electron chi connectivity index (χ2n) is 2.95. The molecule has 1 aliphatic rings. The van der Waals surface area contributed by atoms with Crippen molar-refractivity contribution in [1.82, 2.24) is 0 Å². The number of carbonyl (C=O) groups is 1. The van der Waals surface area contributed by atoms with Gasteiger partial charge in [-0.2, -0.15) is 0 Å². The smallest absolute Gasteiger partial charge is 0.316 e. The SMILES string of the molecule is C[C@H](SC[C@H]1CCCO1)C(=O)O. The van der Waals surface area contributed by atoms with Crippen LogP contribution in [0.4, 0.5) is 0 Å². The summed E-state index contributed by atoms with van der Waals surface area (Å²) in [7, 11) is 0. The summed E-state index contributed by atoms with van der Waals surface area (Å²) in [5.74, 6) is 0.0750. The first-order valence-corrected chi connectivity index (χ1v) is 5.21. The first-order chi connectivity index (χ1) is 5.70. The van der Waals surface area contributed by atoms with Gasteiger partial charge in [-0.15, -0.1) is 11.8 Å². The molecule has 0 aromatic carbocycles. The molecule has 1 fully saturated rings. The fourth-order valence-electron chi connectivity index (χ4n) is 1.10. The van der Waals surface area contributed by atoms with Crippen LogP contribution in [0.1, 0.15) is 19.8 Å². The molecule has 0 unspecified atom stereocenters. The Kier molecular flexibility index (Phi) is 3.88. The van der Waals surface area contributed by atoms with Crippen molar-refractivity contribution >= 4 is 17.7 Å². The number of aliphatic carboxylic acids is 1. The third-order valence-electron chi connectivity index (χ3n) is 1.90. The van der Waals surface area contributed by atoms with Crippen molar-refractivity contribution in [3.8, 4) is 0 Å². The van der Waals surface area contributed by atoms with Gasteiger partial charge in [0.05, 0.1) is 11.4 Å². The maximum absolute atomic E-state index is 10.4. The number of thioether (sulfide) groups is 1. The van der Waals surface area contributed by atoms with Crippen molar-refractivity contribution in [3.63, 3.8) is 0 Å². The van der Waals surface area contributed by atoms with Crippen LogP contribution in [0.25, 0.3) is 0 Å². The number of hydrogen-bond donors (Lipinski definition) is 1. The van der Waals surface area contributed by atoms with Gasteiger partial charge >= 0.3 is 5.97 Å². The number of carboxylic acids is 1. The van der Waals surface area contributed by atoms with Crippen LogP contribution in [0.2, 0.25) is 0 Å². The Balaban J connectivity index is 2.11. The van der Waals surface area contributed by atoms with Gasteiger partial charge in [0.15, 0.2) is 0 Å². The highest BCUT2D eigenvalue weighted by Gasteiger charge is 2.18. The van der Waals surface area contributed by atoms with E-state index in [1.807, 2.05) is 0 Å². The normalized spacial score (nSPS) is 25.6. The number of rotatable bonds is 4. The van der Waals surface area contributed by atoms with Gasteiger partial charge in [0.1, 0.15) is 0 Å². The van der Waals surface area contributed by atoms with Crippen LogP contribution < -0.4 is 0 Å². The highest BCUT2D eigenvalue weighted by molar-refractivity contribution is 8.00. The number of carboxylic acid groups (broad SMARTS) is 1. The Labute approximate surface area is 76.5 Å². The minimum Gasteiger partial charge on any atom is -0.480 e. The molecule has 70 valence electrons. The molecule has 1 N–H and O–H groups in total. The maximum atomic E-state index is 10.4. The largest absolute Gasteiger partial charge is 0.480 e. The average Bonchev–Trinajstić information content (AvgIpc) is 2.51. The van der Waals surface area contributed by atoms with Crippen molar-refractivity contribution < 1.29 is 14.6 Å². The van der Waals surface area contributed by atoms with E-state index in [9.17, 15) is 4.79 Å². The molecule has 0 bridgehead atoms. The average molecular weight is 190 g/mol. The molecule has 1 rings (SSSR count). The van der Waals surface area contributed by atoms with E-state index in [1.54, 1.807) is 6.92 Å². The van der Waals surface area contributed by atoms with Crippen molar-refractivity contribution in [2.45, 2.75) is 31.1 Å². The van der Waals surface area contributed by atoms with E-state index >= 15 is 0 Å². The number of hydrogen-bond acceptors (Lipinski definition) is 3. The first kappa shape index (κ1) is 9.86. The zero-order valence-electron chi connectivity index (χ0n) is 7.16. The van der Waals surface area contributed by atoms with Gasteiger partial charge in [-0.25, -0.2) is 0 Å². The molecule has 1 saturated heterocycles. The third-order valence-corrected chi connectivity index (χ3v) is 3.17. The summed E-state index contributed by atoms with van der Waals surface area (Å²) in [5.41, 5.74) is 0. The molecule has 4 heteroatoms. The topological polar surface area (TPSA) is 46.5 Å². The zero-order valence-corrected chi connectivity index (χ0v) is 7.97. The lowest BCUT2D eigenvalue weighted by Crippen LogP contribution is -2.16. The van der Waals surface area contributed by atoms with Crippen LogP contribution >= 0.6 is 11.8 Å². The summed E-state index contributed by atoms with van der Waals surface area (Å²) in [6.45, 7) is 2.55. The molecule has 3 nitrogen and oxygen atoms in total. The van der Waals surface area contributed by atoms with Crippen LogP contribution in [0.5, 0.6) is 0 Å². The predicted molar refractivity (Wildman–Crippen MR) is 48.5 cm³/mol. The highest BCUT2D eigenvalue weighted by Crippen LogP contribution is 2.20. The fourth-order valence-corrected chi connectivity index (χ4v) is 2.01. The standard InChI is InChI=1S/C8H14O3S/c1-6(8(9)10)12-5-7-3-2-4-11-7/h6-7H,2-5H2,1H3,(H,9,10)/t6-,7+/m0/s1. The Morgan fingerprint density at radius 3 is 3.08 bits per heavy atom. The van der Waals surface area contributed by atoms with E-state index in [0.29, 0.717) is 0 Å². The minimum absolute atomic E-state index is 0.289. The Hall–Kier alpha value is -0.220. The summed E-state index contributed by atoms with van der Waals surface area (Å²) in [6, 6.07) is 0. The van der Waals surface area contributed by atoms with Gasteiger partial charge < -0.3 is 9.84 Å². The third kappa shape index (κ3) is 3.03. The van der Waals surface area contributed by atoms with Gasteiger partial charge in [0, 0.05) is 12.4 Å². The number of ether oxygens (including phenoxy) is 1. The van der Waals surface area contributed by atoms with E-state index in [4.69, 9.17) is 9.84 Å². The summed E-state index contributed by atoms with van der Waals surface area (Å²) < 4.78 is 5.37. The second kappa shape index (κ2) is 4.72. The predicted octanol–water partition coefficient (Wildman–Crippen LogP) is 1.37. The second-order valence-corrected chi connectivity index (χ2v) is 4.32. The van der Waals surface area contributed by atoms with Gasteiger partial charge in [0.25, 0.3) is 0 Å². The molecule has 0 aromatic rings. The molecular formula is C8H14O3S. The van der Waals surface area contributed by atoms with E-state index < -0.39 is 5.97 Å². The minimum atomic E-state index is -0.738. The van der Waals surface area contributed by atoms with Gasteiger partial charge in [-0.05, 0) is 19.8 Å². The van der Waals surface area contributed by atoms with Crippen LogP contribution in [0, 0.1) is 0 Å². The van der Waals surface area contributed by atoms with E-state index in [1.165, 1.54) is 11.8 Å². The lowest BCUT2D eigenvalue weighted by atomic mass is 10.3. The Bertz CT molecular complexity index is 154. The van der Waals surface area contributed by atoms with Crippen molar-refractivity contribution in [3.05, 3.63) is 0 Å². The van der Waals surface area contributed by atoms with E-state index in [-0.39, 0.29) is 11.4 Å². The molecule has 2 atom stereocenters. The molecule has 12 heavy (non-hydrogen) atoms. The van der Waals surface area contributed by atoms with Crippen LogP contribution in [-0.4, -0.2) is 34.8 Å². The maximum Gasteiger partial charge on any atom is 0.316 e. The van der Waals surface area contributed by atoms with Gasteiger partial charge in [0.2, 0.25) is 0 Å². The Morgan fingerprint density at radius 1 is 1.83 bits per heavy atom. The molecule has 0 amide bonds. The molecule has 0 radical (unpaired) electrons. The summed E-state index contributed by atoms with van der Waals surface area (Å²) in [6.07, 6.45) is 2.49. The van der Waals surface area contributed by atoms with E-state index in [2.05, 4.69) is 0 Å². The monoisotopic (exact) mass is 190 g/mol. The fraction of sp³-hybridized carbons (Fsp3) is 0.875. The molecular weight excluding hydrogens is 176 g/mol. The van der Waals surface area contributed by atoms with Gasteiger partial charge in [-0.1, -0.05) is 0 Å². The van der Waals surface area contributed by atoms with E-state index in [0.717, 1.165) is 25.2 Å². The van der Waals surface area contributed by atoms with Gasteiger partial charge in [-0.3, -0.25) is 4.79 Å². The lowest BCUT2D eigenvalue weighted by molar-refractivity contribution is -0.136. The van der Waals surface area contributed by atoms with Crippen molar-refractivity contribution in [2.24, 2.45) is 0 Å². The molecule has 0 aromatic heterocycles. The van der Waals surface area contributed by atoms with Crippen molar-refractivity contribution in [2.75, 3.05) is 12.4 Å². The summed E-state index contributed by atoms with van der Waals surface area (Å²) >= 11 is 1.46. The molecule has 1 aliphatic heterocycles. The summed E-state index contributed by atoms with van der Waals surface area (Å²) in [4.78, 5) is 10.4. The zero-order chi connectivity index (χ0) is 8.97. The van der Waals surface area contributed by atoms with Crippen molar-refractivity contribution in [1.29, 1.82) is 0 Å². The quantitative estimate of drug-likeness (QED) is 0.727. The van der Waals surface area contributed by atoms with Crippen LogP contribution in [0.3, 0.4) is 0 Å². The molecule has 1 heterocycles. The van der Waals surface area contributed by atoms with Crippen LogP contribution in [-0.2, 0) is 9.53 Å². The first-order valence-electron chi connectivity index (χ1n) is 4.16. The highest BCUT2D eigenvalue weighted by atomic mass is 32.2. The summed E-state index contributed by atoms with van der Waals surface area (Å²) in [5, 5.41) is 8.28.